The van der Waals surface area contributed by atoms with Crippen molar-refractivity contribution in [1.29, 1.82) is 0 Å². The first-order chi connectivity index (χ1) is 13.5. The van der Waals surface area contributed by atoms with E-state index in [1.54, 1.807) is 37.4 Å². The summed E-state index contributed by atoms with van der Waals surface area (Å²) < 4.78 is 19.3. The number of nitrogens with one attached hydrogen (secondary N) is 1. The number of hydrogen-bond acceptors (Lipinski definition) is 3. The molecule has 0 radical (unpaired) electrons. The van der Waals surface area contributed by atoms with Crippen LogP contribution < -0.4 is 11.1 Å². The molecule has 0 saturated carbocycles. The lowest BCUT2D eigenvalue weighted by atomic mass is 10.1. The van der Waals surface area contributed by atoms with Gasteiger partial charge in [0.15, 0.2) is 5.96 Å². The first-order valence-corrected chi connectivity index (χ1v) is 9.21. The van der Waals surface area contributed by atoms with Gasteiger partial charge in [0.1, 0.15) is 11.9 Å². The Balaban J connectivity index is 0.00000300. The second kappa shape index (κ2) is 10.5. The maximum absolute atomic E-state index is 13.2. The predicted octanol–water partition coefficient (Wildman–Crippen LogP) is 3.08. The Morgan fingerprint density at radius 3 is 2.66 bits per heavy atom. The zero-order valence-corrected chi connectivity index (χ0v) is 18.8. The van der Waals surface area contributed by atoms with Crippen molar-refractivity contribution in [3.05, 3.63) is 71.0 Å². The smallest absolute Gasteiger partial charge is 0.248 e. The Hall–Kier alpha value is -2.20. The van der Waals surface area contributed by atoms with E-state index in [2.05, 4.69) is 15.2 Å². The molecule has 29 heavy (non-hydrogen) atoms. The van der Waals surface area contributed by atoms with Crippen LogP contribution in [0.5, 0.6) is 0 Å². The third-order valence-corrected chi connectivity index (χ3v) is 4.68. The van der Waals surface area contributed by atoms with Gasteiger partial charge in [0.05, 0.1) is 12.6 Å². The molecule has 8 heteroatoms. The lowest BCUT2D eigenvalue weighted by Crippen LogP contribution is -2.50. The van der Waals surface area contributed by atoms with Gasteiger partial charge in [-0.1, -0.05) is 24.3 Å². The number of nitrogens with zero attached hydrogens (tertiary/aromatic N) is 2. The molecule has 1 amide bonds. The van der Waals surface area contributed by atoms with Gasteiger partial charge < -0.3 is 20.7 Å². The molecular formula is C21H26FIN4O2. The number of guanidine groups is 1. The van der Waals surface area contributed by atoms with Crippen LogP contribution in [0, 0.1) is 5.82 Å². The van der Waals surface area contributed by atoms with Gasteiger partial charge in [-0.05, 0) is 42.3 Å². The second-order valence-electron chi connectivity index (χ2n) is 6.86. The largest absolute Gasteiger partial charge is 0.367 e. The maximum atomic E-state index is 13.2. The molecule has 6 nitrogen and oxygen atoms in total. The predicted molar refractivity (Wildman–Crippen MR) is 122 cm³/mol. The summed E-state index contributed by atoms with van der Waals surface area (Å²) in [7, 11) is 1.73. The lowest BCUT2D eigenvalue weighted by molar-refractivity contribution is -0.0605. The van der Waals surface area contributed by atoms with Crippen molar-refractivity contribution in [1.82, 2.24) is 10.2 Å². The van der Waals surface area contributed by atoms with Gasteiger partial charge in [0.25, 0.3) is 0 Å². The third kappa shape index (κ3) is 6.14. The molecule has 1 saturated heterocycles. The van der Waals surface area contributed by atoms with Crippen LogP contribution >= 0.6 is 24.0 Å². The first kappa shape index (κ1) is 23.1. The molecule has 156 valence electrons. The van der Waals surface area contributed by atoms with Gasteiger partial charge in [-0.3, -0.25) is 9.79 Å². The van der Waals surface area contributed by atoms with Crippen LogP contribution in [0.4, 0.5) is 4.39 Å². The molecule has 2 unspecified atom stereocenters. The molecule has 0 aromatic heterocycles. The number of morpholine rings is 1. The Bertz CT molecular complexity index is 860. The molecular weight excluding hydrogens is 486 g/mol. The van der Waals surface area contributed by atoms with Crippen LogP contribution in [0.25, 0.3) is 0 Å². The quantitative estimate of drug-likeness (QED) is 0.375. The minimum atomic E-state index is -0.449. The summed E-state index contributed by atoms with van der Waals surface area (Å²) >= 11 is 0. The molecule has 2 aromatic rings. The maximum Gasteiger partial charge on any atom is 0.248 e. The molecule has 1 aliphatic heterocycles. The number of benzene rings is 2. The fraction of sp³-hybridized carbons (Fsp3) is 0.333. The number of carbonyl (C=O) groups is 1. The van der Waals surface area contributed by atoms with E-state index in [1.165, 1.54) is 12.1 Å². The number of hydrogen-bond donors (Lipinski definition) is 2. The number of carbonyl (C=O) groups excluding carboxylic acids is 1. The highest BCUT2D eigenvalue weighted by molar-refractivity contribution is 14.0. The molecule has 3 rings (SSSR count). The summed E-state index contributed by atoms with van der Waals surface area (Å²) in [6, 6.07) is 13.6. The monoisotopic (exact) mass is 512 g/mol. The molecule has 1 heterocycles. The number of halogens is 2. The van der Waals surface area contributed by atoms with E-state index in [4.69, 9.17) is 10.5 Å². The SMILES string of the molecule is CN=C(NCc1cccc(C(N)=O)c1)N1CC(C)OC(c2ccc(F)cc2)C1.I. The summed E-state index contributed by atoms with van der Waals surface area (Å²) in [4.78, 5) is 17.9. The number of aliphatic imine (C=N–C) groups is 1. The van der Waals surface area contributed by atoms with Crippen LogP contribution in [0.15, 0.2) is 53.5 Å². The first-order valence-electron chi connectivity index (χ1n) is 9.21. The topological polar surface area (TPSA) is 79.9 Å². The average Bonchev–Trinajstić information content (AvgIpc) is 2.69. The van der Waals surface area contributed by atoms with Gasteiger partial charge >= 0.3 is 0 Å². The van der Waals surface area contributed by atoms with E-state index in [1.807, 2.05) is 13.0 Å². The van der Waals surface area contributed by atoms with Crippen molar-refractivity contribution in [2.24, 2.45) is 10.7 Å². The van der Waals surface area contributed by atoms with Crippen molar-refractivity contribution >= 4 is 35.8 Å². The molecule has 0 bridgehead atoms. The van der Waals surface area contributed by atoms with Crippen LogP contribution in [0.1, 0.15) is 34.5 Å². The molecule has 1 aliphatic rings. The number of rotatable bonds is 4. The summed E-state index contributed by atoms with van der Waals surface area (Å²) in [5, 5.41) is 3.33. The van der Waals surface area contributed by atoms with Crippen molar-refractivity contribution in [3.63, 3.8) is 0 Å². The van der Waals surface area contributed by atoms with Crippen LogP contribution in [-0.2, 0) is 11.3 Å². The summed E-state index contributed by atoms with van der Waals surface area (Å²) in [6.07, 6.45) is -0.165. The van der Waals surface area contributed by atoms with Gasteiger partial charge in [-0.25, -0.2) is 4.39 Å². The molecule has 0 aliphatic carbocycles. The Morgan fingerprint density at radius 2 is 2.00 bits per heavy atom. The zero-order valence-electron chi connectivity index (χ0n) is 16.5. The molecule has 0 spiro atoms. The molecule has 2 aromatic carbocycles. The molecule has 2 atom stereocenters. The number of primary amides is 1. The minimum Gasteiger partial charge on any atom is -0.367 e. The summed E-state index contributed by atoms with van der Waals surface area (Å²) in [5.41, 5.74) is 7.70. The van der Waals surface area contributed by atoms with Gasteiger partial charge in [-0.15, -0.1) is 24.0 Å². The third-order valence-electron chi connectivity index (χ3n) is 4.68. The molecule has 3 N–H and O–H groups in total. The highest BCUT2D eigenvalue weighted by Gasteiger charge is 2.28. The second-order valence-corrected chi connectivity index (χ2v) is 6.86. The standard InChI is InChI=1S/C21H25FN4O2.HI/c1-14-12-26(13-19(28-14)16-6-8-18(22)9-7-16)21(24-2)25-11-15-4-3-5-17(10-15)20(23)27;/h3-10,14,19H,11-13H2,1-2H3,(H2,23,27)(H,24,25);1H. The van der Waals surface area contributed by atoms with Crippen LogP contribution in [0.3, 0.4) is 0 Å². The van der Waals surface area contributed by atoms with E-state index < -0.39 is 5.91 Å². The van der Waals surface area contributed by atoms with Crippen LogP contribution in [-0.4, -0.2) is 43.0 Å². The Morgan fingerprint density at radius 1 is 1.28 bits per heavy atom. The minimum absolute atomic E-state index is 0. The van der Waals surface area contributed by atoms with Gasteiger partial charge in [-0.2, -0.15) is 0 Å². The summed E-state index contributed by atoms with van der Waals surface area (Å²) in [6.45, 7) is 3.82. The average molecular weight is 512 g/mol. The fourth-order valence-corrected chi connectivity index (χ4v) is 3.33. The fourth-order valence-electron chi connectivity index (χ4n) is 3.33. The highest BCUT2D eigenvalue weighted by atomic mass is 127. The van der Waals surface area contributed by atoms with E-state index in [-0.39, 0.29) is 42.0 Å². The summed E-state index contributed by atoms with van der Waals surface area (Å²) in [5.74, 6) is 0.0299. The highest BCUT2D eigenvalue weighted by Crippen LogP contribution is 2.25. The van der Waals surface area contributed by atoms with Crippen LogP contribution in [0.2, 0.25) is 0 Å². The van der Waals surface area contributed by atoms with E-state index in [9.17, 15) is 9.18 Å². The number of amides is 1. The zero-order chi connectivity index (χ0) is 20.1. The normalized spacial score (nSPS) is 19.4. The molecule has 1 fully saturated rings. The van der Waals surface area contributed by atoms with E-state index >= 15 is 0 Å². The van der Waals surface area contributed by atoms with Crippen molar-refractivity contribution < 1.29 is 13.9 Å². The van der Waals surface area contributed by atoms with Crippen molar-refractivity contribution in [2.45, 2.75) is 25.7 Å². The Kier molecular flexibility index (Phi) is 8.39. The van der Waals surface area contributed by atoms with Gasteiger partial charge in [0.2, 0.25) is 5.91 Å². The lowest BCUT2D eigenvalue weighted by Gasteiger charge is -2.38. The van der Waals surface area contributed by atoms with E-state index in [0.29, 0.717) is 25.2 Å². The van der Waals surface area contributed by atoms with Gasteiger partial charge in [0, 0.05) is 25.7 Å². The van der Waals surface area contributed by atoms with E-state index in [0.717, 1.165) is 17.1 Å². The number of nitrogens with two attached hydrogens (primary N) is 1. The van der Waals surface area contributed by atoms with Crippen molar-refractivity contribution in [2.75, 3.05) is 20.1 Å². The number of ether oxygens (including phenoxy) is 1. The Labute approximate surface area is 187 Å². The van der Waals surface area contributed by atoms with Crippen molar-refractivity contribution in [3.8, 4) is 0 Å².